The minimum Gasteiger partial charge on any atom is -0.351 e. The van der Waals surface area contributed by atoms with Gasteiger partial charge in [0.2, 0.25) is 5.76 Å². The normalized spacial score (nSPS) is 10.6. The van der Waals surface area contributed by atoms with Gasteiger partial charge < -0.3 is 9.84 Å². The number of nitrogens with one attached hydrogen (secondary N) is 1. The Labute approximate surface area is 125 Å². The fourth-order valence-corrected chi connectivity index (χ4v) is 1.92. The summed E-state index contributed by atoms with van der Waals surface area (Å²) in [4.78, 5) is 11.8. The summed E-state index contributed by atoms with van der Waals surface area (Å²) in [5, 5.41) is 10.7. The van der Waals surface area contributed by atoms with Crippen LogP contribution in [0.25, 0.3) is 5.69 Å². The smallest absolute Gasteiger partial charge is 0.290 e. The number of carbonyl (C=O) groups excluding carboxylic acids is 1. The highest BCUT2D eigenvalue weighted by Crippen LogP contribution is 2.09. The average molecular weight is 300 g/mol. The Morgan fingerprint density at radius 2 is 2.09 bits per heavy atom. The number of aromatic nitrogens is 3. The molecule has 0 spiro atoms. The number of hydrogen-bond donors (Lipinski definition) is 1. The van der Waals surface area contributed by atoms with Crippen LogP contribution in [0.2, 0.25) is 0 Å². The monoisotopic (exact) mass is 300 g/mol. The highest BCUT2D eigenvalue weighted by Gasteiger charge is 2.11. The van der Waals surface area contributed by atoms with Crippen molar-refractivity contribution in [1.82, 2.24) is 20.3 Å². The van der Waals surface area contributed by atoms with Gasteiger partial charge in [-0.15, -0.1) is 0 Å². The van der Waals surface area contributed by atoms with Crippen molar-refractivity contribution in [2.24, 2.45) is 0 Å². The molecular weight excluding hydrogens is 287 g/mol. The highest BCUT2D eigenvalue weighted by atomic mass is 19.1. The summed E-state index contributed by atoms with van der Waals surface area (Å²) in [6, 6.07) is 9.32. The molecule has 1 aromatic carbocycles. The first-order valence-electron chi connectivity index (χ1n) is 6.64. The molecule has 0 bridgehead atoms. The zero-order valence-corrected chi connectivity index (χ0v) is 11.8. The standard InChI is InChI=1S/C15H13FN4O2/c1-10-8-14(22-19-10)15(21)17-9-12-6-7-20(18-12)13-4-2-11(16)3-5-13/h2-8H,9H2,1H3,(H,17,21). The third-order valence-corrected chi connectivity index (χ3v) is 3.02. The van der Waals surface area contributed by atoms with Crippen LogP contribution in [-0.2, 0) is 6.54 Å². The Kier molecular flexibility index (Phi) is 3.69. The van der Waals surface area contributed by atoms with Gasteiger partial charge in [0.25, 0.3) is 5.91 Å². The summed E-state index contributed by atoms with van der Waals surface area (Å²) in [5.74, 6) is -0.488. The first kappa shape index (κ1) is 14.0. The van der Waals surface area contributed by atoms with E-state index in [0.717, 1.165) is 5.69 Å². The molecule has 0 unspecified atom stereocenters. The largest absolute Gasteiger partial charge is 0.351 e. The van der Waals surface area contributed by atoms with Gasteiger partial charge in [-0.2, -0.15) is 5.10 Å². The summed E-state index contributed by atoms with van der Waals surface area (Å²) >= 11 is 0. The second kappa shape index (κ2) is 5.80. The zero-order valence-electron chi connectivity index (χ0n) is 11.8. The molecule has 112 valence electrons. The van der Waals surface area contributed by atoms with E-state index in [0.29, 0.717) is 11.4 Å². The number of nitrogens with zero attached hydrogens (tertiary/aromatic N) is 3. The lowest BCUT2D eigenvalue weighted by Crippen LogP contribution is -2.22. The third kappa shape index (κ3) is 3.03. The lowest BCUT2D eigenvalue weighted by Gasteiger charge is -2.01. The van der Waals surface area contributed by atoms with E-state index in [4.69, 9.17) is 4.52 Å². The molecule has 0 saturated heterocycles. The molecule has 1 amide bonds. The number of carbonyl (C=O) groups is 1. The minimum atomic E-state index is -0.350. The predicted octanol–water partition coefficient (Wildman–Crippen LogP) is 2.24. The molecule has 0 aliphatic heterocycles. The molecule has 1 N–H and O–H groups in total. The third-order valence-electron chi connectivity index (χ3n) is 3.02. The maximum absolute atomic E-state index is 12.9. The van der Waals surface area contributed by atoms with E-state index < -0.39 is 0 Å². The second-order valence-electron chi connectivity index (χ2n) is 4.74. The quantitative estimate of drug-likeness (QED) is 0.802. The van der Waals surface area contributed by atoms with Crippen LogP contribution < -0.4 is 5.32 Å². The van der Waals surface area contributed by atoms with Crippen LogP contribution in [0.4, 0.5) is 4.39 Å². The van der Waals surface area contributed by atoms with Gasteiger partial charge in [0.1, 0.15) is 5.82 Å². The molecule has 0 fully saturated rings. The number of aryl methyl sites for hydroxylation is 1. The number of hydrogen-bond acceptors (Lipinski definition) is 4. The second-order valence-corrected chi connectivity index (χ2v) is 4.74. The number of rotatable bonds is 4. The zero-order chi connectivity index (χ0) is 15.5. The van der Waals surface area contributed by atoms with Gasteiger partial charge in [0.05, 0.1) is 23.6 Å². The van der Waals surface area contributed by atoms with Gasteiger partial charge >= 0.3 is 0 Å². The van der Waals surface area contributed by atoms with Crippen LogP contribution in [-0.4, -0.2) is 20.8 Å². The van der Waals surface area contributed by atoms with Crippen molar-refractivity contribution in [2.75, 3.05) is 0 Å². The van der Waals surface area contributed by atoms with Gasteiger partial charge in [-0.05, 0) is 37.3 Å². The maximum Gasteiger partial charge on any atom is 0.290 e. The molecule has 22 heavy (non-hydrogen) atoms. The maximum atomic E-state index is 12.9. The van der Waals surface area contributed by atoms with Gasteiger partial charge in [-0.3, -0.25) is 4.79 Å². The van der Waals surface area contributed by atoms with E-state index in [-0.39, 0.29) is 24.0 Å². The number of benzene rings is 1. The van der Waals surface area contributed by atoms with Crippen molar-refractivity contribution in [3.8, 4) is 5.69 Å². The van der Waals surface area contributed by atoms with Gasteiger partial charge in [0, 0.05) is 12.3 Å². The summed E-state index contributed by atoms with van der Waals surface area (Å²) in [5.41, 5.74) is 2.06. The van der Waals surface area contributed by atoms with Crippen molar-refractivity contribution in [3.05, 3.63) is 65.6 Å². The Morgan fingerprint density at radius 3 is 2.77 bits per heavy atom. The van der Waals surface area contributed by atoms with Gasteiger partial charge in [-0.1, -0.05) is 5.16 Å². The Balaban J connectivity index is 1.64. The van der Waals surface area contributed by atoms with Crippen molar-refractivity contribution < 1.29 is 13.7 Å². The van der Waals surface area contributed by atoms with Crippen LogP contribution >= 0.6 is 0 Å². The van der Waals surface area contributed by atoms with Crippen molar-refractivity contribution in [2.45, 2.75) is 13.5 Å². The van der Waals surface area contributed by atoms with Crippen LogP contribution in [0.5, 0.6) is 0 Å². The molecule has 2 heterocycles. The molecule has 0 atom stereocenters. The van der Waals surface area contributed by atoms with E-state index in [2.05, 4.69) is 15.6 Å². The van der Waals surface area contributed by atoms with E-state index in [1.54, 1.807) is 42.1 Å². The lowest BCUT2D eigenvalue weighted by molar-refractivity contribution is 0.0913. The molecule has 7 heteroatoms. The molecular formula is C15H13FN4O2. The fraction of sp³-hybridized carbons (Fsp3) is 0.133. The van der Waals surface area contributed by atoms with Crippen LogP contribution in [0.3, 0.4) is 0 Å². The number of halogens is 1. The topological polar surface area (TPSA) is 73.0 Å². The first-order valence-corrected chi connectivity index (χ1v) is 6.64. The number of amides is 1. The molecule has 0 aliphatic carbocycles. The van der Waals surface area contributed by atoms with Crippen LogP contribution in [0.15, 0.2) is 47.1 Å². The van der Waals surface area contributed by atoms with E-state index in [1.807, 2.05) is 0 Å². The minimum absolute atomic E-state index is 0.162. The van der Waals surface area contributed by atoms with E-state index >= 15 is 0 Å². The first-order chi connectivity index (χ1) is 10.6. The van der Waals surface area contributed by atoms with Gasteiger partial charge in [-0.25, -0.2) is 9.07 Å². The summed E-state index contributed by atoms with van der Waals surface area (Å²) in [7, 11) is 0. The summed E-state index contributed by atoms with van der Waals surface area (Å²) in [6.45, 7) is 2.00. The Hall–Kier alpha value is -2.96. The summed E-state index contributed by atoms with van der Waals surface area (Å²) in [6.07, 6.45) is 1.74. The lowest BCUT2D eigenvalue weighted by atomic mass is 10.3. The molecule has 0 radical (unpaired) electrons. The van der Waals surface area contributed by atoms with Crippen molar-refractivity contribution in [3.63, 3.8) is 0 Å². The summed E-state index contributed by atoms with van der Waals surface area (Å²) < 4.78 is 19.4. The fourth-order valence-electron chi connectivity index (χ4n) is 1.92. The Bertz CT molecular complexity index is 792. The predicted molar refractivity (Wildman–Crippen MR) is 75.9 cm³/mol. The average Bonchev–Trinajstić information content (AvgIpc) is 3.15. The molecule has 0 aliphatic rings. The van der Waals surface area contributed by atoms with Crippen LogP contribution in [0.1, 0.15) is 21.9 Å². The Morgan fingerprint density at radius 1 is 1.32 bits per heavy atom. The van der Waals surface area contributed by atoms with Gasteiger partial charge in [0.15, 0.2) is 0 Å². The molecule has 6 nitrogen and oxygen atoms in total. The van der Waals surface area contributed by atoms with Crippen molar-refractivity contribution >= 4 is 5.91 Å². The molecule has 0 saturated carbocycles. The highest BCUT2D eigenvalue weighted by molar-refractivity contribution is 5.91. The molecule has 2 aromatic heterocycles. The van der Waals surface area contributed by atoms with E-state index in [1.165, 1.54) is 12.1 Å². The molecule has 3 aromatic rings. The SMILES string of the molecule is Cc1cc(C(=O)NCc2ccn(-c3ccc(F)cc3)n2)on1. The van der Waals surface area contributed by atoms with Crippen LogP contribution in [0, 0.1) is 12.7 Å². The molecule has 3 rings (SSSR count). The van der Waals surface area contributed by atoms with E-state index in [9.17, 15) is 9.18 Å². The van der Waals surface area contributed by atoms with Crippen molar-refractivity contribution in [1.29, 1.82) is 0 Å².